The van der Waals surface area contributed by atoms with E-state index in [0.29, 0.717) is 5.69 Å². The number of carbonyl (C=O) groups excluding carboxylic acids is 2. The van der Waals surface area contributed by atoms with E-state index in [0.717, 1.165) is 27.4 Å². The van der Waals surface area contributed by atoms with E-state index in [4.69, 9.17) is 0 Å². The maximum Gasteiger partial charge on any atom is 0.264 e. The monoisotopic (exact) mass is 535 g/mol. The molecular weight excluding hydrogens is 498 g/mol. The van der Waals surface area contributed by atoms with Crippen LogP contribution in [0.4, 0.5) is 5.69 Å². The second-order valence-corrected chi connectivity index (χ2v) is 11.5. The lowest BCUT2D eigenvalue weighted by Crippen LogP contribution is -2.52. The average molecular weight is 536 g/mol. The molecule has 0 bridgehead atoms. The smallest absolute Gasteiger partial charge is 0.264 e. The van der Waals surface area contributed by atoms with Gasteiger partial charge in [0.2, 0.25) is 11.8 Å². The van der Waals surface area contributed by atoms with Gasteiger partial charge in [0.1, 0.15) is 12.6 Å². The van der Waals surface area contributed by atoms with Crippen molar-refractivity contribution >= 4 is 27.5 Å². The molecule has 0 fully saturated rings. The Morgan fingerprint density at radius 3 is 2.13 bits per heavy atom. The molecule has 8 heteroatoms. The highest BCUT2D eigenvalue weighted by atomic mass is 32.2. The third kappa shape index (κ3) is 7.22. The molecule has 0 aliphatic carbocycles. The molecule has 2 atom stereocenters. The third-order valence-electron chi connectivity index (χ3n) is 6.54. The normalized spacial score (nSPS) is 12.9. The SMILES string of the molecule is CC[C@H](C)NC(=O)[C@H](C)N(Cc1ccccc1)C(=O)CN(c1cccc(C)c1)S(=O)(=O)c1ccc(C)cc1. The molecule has 0 unspecified atom stereocenters. The fraction of sp³-hybridized carbons (Fsp3) is 0.333. The predicted molar refractivity (Wildman–Crippen MR) is 151 cm³/mol. The van der Waals surface area contributed by atoms with Gasteiger partial charge in [-0.05, 0) is 69.5 Å². The van der Waals surface area contributed by atoms with E-state index in [1.807, 2.05) is 64.1 Å². The van der Waals surface area contributed by atoms with Gasteiger partial charge in [0.15, 0.2) is 0 Å². The van der Waals surface area contributed by atoms with E-state index in [9.17, 15) is 18.0 Å². The lowest BCUT2D eigenvalue weighted by atomic mass is 10.1. The predicted octanol–water partition coefficient (Wildman–Crippen LogP) is 4.83. The number of anilines is 1. The average Bonchev–Trinajstić information content (AvgIpc) is 2.90. The molecule has 0 saturated carbocycles. The van der Waals surface area contributed by atoms with Crippen molar-refractivity contribution in [2.75, 3.05) is 10.8 Å². The summed E-state index contributed by atoms with van der Waals surface area (Å²) in [6.07, 6.45) is 0.751. The molecule has 202 valence electrons. The van der Waals surface area contributed by atoms with E-state index in [-0.39, 0.29) is 23.4 Å². The second-order valence-electron chi connectivity index (χ2n) is 9.66. The molecule has 7 nitrogen and oxygen atoms in total. The van der Waals surface area contributed by atoms with Gasteiger partial charge in [-0.15, -0.1) is 0 Å². The van der Waals surface area contributed by atoms with Crippen LogP contribution in [-0.2, 0) is 26.2 Å². The number of carbonyl (C=O) groups is 2. The van der Waals surface area contributed by atoms with Crippen molar-refractivity contribution in [3.8, 4) is 0 Å². The Labute approximate surface area is 226 Å². The van der Waals surface area contributed by atoms with Crippen LogP contribution in [0, 0.1) is 13.8 Å². The Balaban J connectivity index is 2.01. The standard InChI is InChI=1S/C30H37N3O4S/c1-6-24(4)31-30(35)25(5)32(20-26-12-8-7-9-13-26)29(34)21-33(27-14-10-11-23(3)19-27)38(36,37)28-17-15-22(2)16-18-28/h7-19,24-25H,6,20-21H2,1-5H3,(H,31,35)/t24-,25-/m0/s1. The van der Waals surface area contributed by atoms with Crippen LogP contribution in [0.2, 0.25) is 0 Å². The van der Waals surface area contributed by atoms with Crippen molar-refractivity contribution < 1.29 is 18.0 Å². The van der Waals surface area contributed by atoms with Gasteiger partial charge in [-0.1, -0.05) is 67.1 Å². The summed E-state index contributed by atoms with van der Waals surface area (Å²) in [5.41, 5.74) is 3.02. The summed E-state index contributed by atoms with van der Waals surface area (Å²) in [4.78, 5) is 28.5. The molecule has 0 heterocycles. The van der Waals surface area contributed by atoms with Gasteiger partial charge in [-0.25, -0.2) is 8.42 Å². The zero-order chi connectivity index (χ0) is 27.9. The zero-order valence-corrected chi connectivity index (χ0v) is 23.5. The molecule has 2 amide bonds. The molecule has 0 spiro atoms. The van der Waals surface area contributed by atoms with Gasteiger partial charge in [-0.3, -0.25) is 13.9 Å². The number of hydrogen-bond acceptors (Lipinski definition) is 4. The number of benzene rings is 3. The minimum absolute atomic E-state index is 0.0515. The van der Waals surface area contributed by atoms with Gasteiger partial charge in [-0.2, -0.15) is 0 Å². The first-order valence-electron chi connectivity index (χ1n) is 12.8. The molecule has 0 saturated heterocycles. The van der Waals surface area contributed by atoms with Crippen molar-refractivity contribution in [1.82, 2.24) is 10.2 Å². The number of rotatable bonds is 11. The summed E-state index contributed by atoms with van der Waals surface area (Å²) in [7, 11) is -4.07. The number of amides is 2. The molecule has 3 aromatic carbocycles. The van der Waals surface area contributed by atoms with Gasteiger partial charge in [0, 0.05) is 12.6 Å². The summed E-state index contributed by atoms with van der Waals surface area (Å²) >= 11 is 0. The Bertz CT molecular complexity index is 1340. The highest BCUT2D eigenvalue weighted by molar-refractivity contribution is 7.92. The van der Waals surface area contributed by atoms with E-state index in [1.165, 1.54) is 4.90 Å². The lowest BCUT2D eigenvalue weighted by molar-refractivity contribution is -0.139. The van der Waals surface area contributed by atoms with Crippen molar-refractivity contribution in [3.63, 3.8) is 0 Å². The molecule has 0 aromatic heterocycles. The minimum Gasteiger partial charge on any atom is -0.352 e. The first kappa shape index (κ1) is 28.9. The summed E-state index contributed by atoms with van der Waals surface area (Å²) in [5, 5.41) is 2.94. The number of sulfonamides is 1. The van der Waals surface area contributed by atoms with E-state index in [2.05, 4.69) is 5.32 Å². The maximum absolute atomic E-state index is 13.9. The van der Waals surface area contributed by atoms with Crippen molar-refractivity contribution in [2.45, 2.75) is 64.6 Å². The van der Waals surface area contributed by atoms with Gasteiger partial charge < -0.3 is 10.2 Å². The highest BCUT2D eigenvalue weighted by Crippen LogP contribution is 2.25. The van der Waals surface area contributed by atoms with Gasteiger partial charge in [0.25, 0.3) is 10.0 Å². The van der Waals surface area contributed by atoms with Crippen LogP contribution in [0.5, 0.6) is 0 Å². The van der Waals surface area contributed by atoms with Crippen LogP contribution >= 0.6 is 0 Å². The Kier molecular flexibility index (Phi) is 9.69. The molecule has 0 aliphatic rings. The molecule has 0 radical (unpaired) electrons. The highest BCUT2D eigenvalue weighted by Gasteiger charge is 2.32. The first-order valence-corrected chi connectivity index (χ1v) is 14.3. The largest absolute Gasteiger partial charge is 0.352 e. The van der Waals surface area contributed by atoms with Crippen LogP contribution in [0.1, 0.15) is 43.9 Å². The number of nitrogens with one attached hydrogen (secondary N) is 1. The molecule has 3 rings (SSSR count). The maximum atomic E-state index is 13.9. The molecule has 0 aliphatic heterocycles. The molecule has 38 heavy (non-hydrogen) atoms. The Morgan fingerprint density at radius 1 is 0.868 bits per heavy atom. The van der Waals surface area contributed by atoms with Gasteiger partial charge >= 0.3 is 0 Å². The van der Waals surface area contributed by atoms with Crippen molar-refractivity contribution in [1.29, 1.82) is 0 Å². The van der Waals surface area contributed by atoms with Crippen LogP contribution in [0.25, 0.3) is 0 Å². The molecular formula is C30H37N3O4S. The molecule has 1 N–H and O–H groups in total. The van der Waals surface area contributed by atoms with Crippen molar-refractivity contribution in [2.24, 2.45) is 0 Å². The molecule has 3 aromatic rings. The fourth-order valence-electron chi connectivity index (χ4n) is 3.98. The summed E-state index contributed by atoms with van der Waals surface area (Å²) in [6, 6.07) is 22.1. The van der Waals surface area contributed by atoms with Gasteiger partial charge in [0.05, 0.1) is 10.6 Å². The summed E-state index contributed by atoms with van der Waals surface area (Å²) in [6.45, 7) is 9.01. The first-order chi connectivity index (χ1) is 18.0. The van der Waals surface area contributed by atoms with E-state index < -0.39 is 28.5 Å². The van der Waals surface area contributed by atoms with Crippen LogP contribution in [-0.4, -0.2) is 43.8 Å². The second kappa shape index (κ2) is 12.7. The van der Waals surface area contributed by atoms with E-state index in [1.54, 1.807) is 49.4 Å². The number of aryl methyl sites for hydroxylation is 2. The Morgan fingerprint density at radius 2 is 1.53 bits per heavy atom. The minimum atomic E-state index is -4.07. The van der Waals surface area contributed by atoms with Crippen LogP contribution < -0.4 is 9.62 Å². The quantitative estimate of drug-likeness (QED) is 0.381. The third-order valence-corrected chi connectivity index (χ3v) is 8.33. The van der Waals surface area contributed by atoms with Crippen LogP contribution in [0.15, 0.2) is 83.8 Å². The van der Waals surface area contributed by atoms with Crippen molar-refractivity contribution in [3.05, 3.63) is 95.6 Å². The topological polar surface area (TPSA) is 86.8 Å². The number of hydrogen-bond donors (Lipinski definition) is 1. The summed E-state index contributed by atoms with van der Waals surface area (Å²) < 4.78 is 28.8. The van der Waals surface area contributed by atoms with E-state index >= 15 is 0 Å². The lowest BCUT2D eigenvalue weighted by Gasteiger charge is -2.32. The number of nitrogens with zero attached hydrogens (tertiary/aromatic N) is 2. The van der Waals surface area contributed by atoms with Crippen LogP contribution in [0.3, 0.4) is 0 Å². The zero-order valence-electron chi connectivity index (χ0n) is 22.7. The Hall–Kier alpha value is -3.65. The summed E-state index contributed by atoms with van der Waals surface area (Å²) in [5.74, 6) is -0.759. The fourth-order valence-corrected chi connectivity index (χ4v) is 5.38.